The van der Waals surface area contributed by atoms with Gasteiger partial charge in [-0.3, -0.25) is 10.1 Å². The zero-order chi connectivity index (χ0) is 21.9. The molecule has 154 valence electrons. The fourth-order valence-corrected chi connectivity index (χ4v) is 4.13. The minimum atomic E-state index is -0.355. The molecule has 0 radical (unpaired) electrons. The maximum Gasteiger partial charge on any atom is 0.313 e. The van der Waals surface area contributed by atoms with Crippen LogP contribution in [0.15, 0.2) is 121 Å². The molecule has 1 N–H and O–H groups in total. The van der Waals surface area contributed by atoms with Crippen molar-refractivity contribution in [3.63, 3.8) is 0 Å². The van der Waals surface area contributed by atoms with Crippen LogP contribution in [-0.2, 0) is 0 Å². The highest BCUT2D eigenvalue weighted by Crippen LogP contribution is 2.40. The molecule has 6 heteroatoms. The number of allylic oxidation sites excluding steroid dienone is 3. The summed E-state index contributed by atoms with van der Waals surface area (Å²) in [5.41, 5.74) is 5.37. The summed E-state index contributed by atoms with van der Waals surface area (Å²) in [6.07, 6.45) is 6.10. The van der Waals surface area contributed by atoms with E-state index < -0.39 is 0 Å². The van der Waals surface area contributed by atoms with Crippen LogP contribution in [0.2, 0.25) is 0 Å². The van der Waals surface area contributed by atoms with Gasteiger partial charge in [0, 0.05) is 6.07 Å². The molecule has 0 atom stereocenters. The van der Waals surface area contributed by atoms with Crippen molar-refractivity contribution in [2.75, 3.05) is 5.32 Å². The average Bonchev–Trinajstić information content (AvgIpc) is 2.85. The summed E-state index contributed by atoms with van der Waals surface area (Å²) in [5.74, 6) is 4.34. The lowest BCUT2D eigenvalue weighted by atomic mass is 9.55. The van der Waals surface area contributed by atoms with Gasteiger partial charge in [0.1, 0.15) is 5.69 Å². The minimum Gasteiger partial charge on any atom is -0.382 e. The maximum atomic E-state index is 11.7. The van der Waals surface area contributed by atoms with Crippen LogP contribution >= 0.6 is 0 Å². The lowest BCUT2D eigenvalue weighted by molar-refractivity contribution is -0.383. The van der Waals surface area contributed by atoms with E-state index in [1.807, 2.05) is 54.8 Å². The smallest absolute Gasteiger partial charge is 0.313 e. The first kappa shape index (κ1) is 19.6. The molecule has 2 heterocycles. The van der Waals surface area contributed by atoms with Crippen LogP contribution in [0.25, 0.3) is 11.3 Å². The van der Waals surface area contributed by atoms with Crippen molar-refractivity contribution in [2.24, 2.45) is 0 Å². The molecule has 2 aliphatic rings. The fourth-order valence-electron chi connectivity index (χ4n) is 4.13. The number of anilines is 1. The molecular formula is C26H20BN3O2. The van der Waals surface area contributed by atoms with E-state index >= 15 is 0 Å². The van der Waals surface area contributed by atoms with Crippen molar-refractivity contribution < 1.29 is 4.92 Å². The zero-order valence-corrected chi connectivity index (χ0v) is 17.3. The first-order chi connectivity index (χ1) is 15.7. The topological polar surface area (TPSA) is 58.4 Å². The van der Waals surface area contributed by atoms with Crippen molar-refractivity contribution in [2.45, 2.75) is 0 Å². The number of rotatable bonds is 5. The summed E-state index contributed by atoms with van der Waals surface area (Å²) in [5, 5.41) is 15.1. The molecule has 2 aliphatic heterocycles. The summed E-state index contributed by atoms with van der Waals surface area (Å²) in [6, 6.07) is 27.0. The standard InChI is InChI=1S/C26H20BN3O2/c31-30(32)24-16-8-7-15-23(24)28-25-22(20-11-3-1-4-12-20)19-27-17-9-10-18-29(27)26(25)21-13-5-2-6-14-21/h1-19,28H. The highest BCUT2D eigenvalue weighted by Gasteiger charge is 2.32. The van der Waals surface area contributed by atoms with Crippen molar-refractivity contribution in [3.8, 4) is 0 Å². The van der Waals surface area contributed by atoms with Gasteiger partial charge in [0.2, 0.25) is 0 Å². The highest BCUT2D eigenvalue weighted by atomic mass is 16.6. The Labute approximate surface area is 187 Å². The van der Waals surface area contributed by atoms with E-state index in [9.17, 15) is 10.1 Å². The quantitative estimate of drug-likeness (QED) is 0.318. The van der Waals surface area contributed by atoms with Gasteiger partial charge < -0.3 is 10.1 Å². The van der Waals surface area contributed by atoms with Crippen molar-refractivity contribution in [3.05, 3.63) is 142 Å². The third-order valence-electron chi connectivity index (χ3n) is 5.58. The Kier molecular flexibility index (Phi) is 5.18. The summed E-state index contributed by atoms with van der Waals surface area (Å²) < 4.78 is 0. The molecule has 5 nitrogen and oxygen atoms in total. The van der Waals surface area contributed by atoms with Crippen LogP contribution in [0.5, 0.6) is 0 Å². The van der Waals surface area contributed by atoms with Gasteiger partial charge >= 0.3 is 6.85 Å². The number of fused-ring (bicyclic) bond motifs is 1. The summed E-state index contributed by atoms with van der Waals surface area (Å²) >= 11 is 0. The van der Waals surface area contributed by atoms with E-state index in [1.54, 1.807) is 18.2 Å². The lowest BCUT2D eigenvalue weighted by Crippen LogP contribution is -2.37. The molecule has 0 aliphatic carbocycles. The van der Waals surface area contributed by atoms with Crippen LogP contribution in [0.3, 0.4) is 0 Å². The molecule has 32 heavy (non-hydrogen) atoms. The fraction of sp³-hybridized carbons (Fsp3) is 0. The van der Waals surface area contributed by atoms with Gasteiger partial charge in [-0.2, -0.15) is 0 Å². The number of nitro benzene ring substituents is 1. The monoisotopic (exact) mass is 417 g/mol. The van der Waals surface area contributed by atoms with Gasteiger partial charge in [-0.05, 0) is 35.0 Å². The summed E-state index contributed by atoms with van der Waals surface area (Å²) in [6.45, 7) is 0.0433. The Morgan fingerprint density at radius 2 is 1.47 bits per heavy atom. The Balaban J connectivity index is 1.76. The first-order valence-electron chi connectivity index (χ1n) is 10.4. The second-order valence-electron chi connectivity index (χ2n) is 7.56. The predicted octanol–water partition coefficient (Wildman–Crippen LogP) is 5.93. The van der Waals surface area contributed by atoms with Crippen LogP contribution in [0.1, 0.15) is 11.1 Å². The molecule has 0 amide bonds. The van der Waals surface area contributed by atoms with Gasteiger partial charge in [-0.15, -0.1) is 0 Å². The molecule has 0 saturated heterocycles. The molecule has 0 bridgehead atoms. The molecule has 0 saturated carbocycles. The second-order valence-corrected chi connectivity index (χ2v) is 7.56. The molecule has 3 aromatic rings. The van der Waals surface area contributed by atoms with E-state index in [0.29, 0.717) is 5.69 Å². The highest BCUT2D eigenvalue weighted by molar-refractivity contribution is 6.70. The van der Waals surface area contributed by atoms with E-state index in [0.717, 1.165) is 28.1 Å². The average molecular weight is 417 g/mol. The Hall–Kier alpha value is -4.32. The van der Waals surface area contributed by atoms with Crippen LogP contribution in [0.4, 0.5) is 11.4 Å². The molecule has 0 unspecified atom stereocenters. The van der Waals surface area contributed by atoms with Gasteiger partial charge in [0.15, 0.2) is 0 Å². The number of benzene rings is 3. The number of nitro groups is 1. The van der Waals surface area contributed by atoms with Gasteiger partial charge in [0.05, 0.1) is 16.3 Å². The van der Waals surface area contributed by atoms with E-state index in [4.69, 9.17) is 0 Å². The Morgan fingerprint density at radius 3 is 2.19 bits per heavy atom. The van der Waals surface area contributed by atoms with Crippen LogP contribution < -0.4 is 5.32 Å². The zero-order valence-electron chi connectivity index (χ0n) is 17.3. The van der Waals surface area contributed by atoms with Crippen molar-refractivity contribution in [1.29, 1.82) is 0 Å². The van der Waals surface area contributed by atoms with Crippen molar-refractivity contribution in [1.82, 2.24) is 4.81 Å². The molecule has 3 aromatic carbocycles. The maximum absolute atomic E-state index is 11.7. The van der Waals surface area contributed by atoms with E-state index in [1.165, 1.54) is 6.07 Å². The minimum absolute atomic E-state index is 0.0380. The predicted molar refractivity (Wildman–Crippen MR) is 130 cm³/mol. The summed E-state index contributed by atoms with van der Waals surface area (Å²) in [4.78, 5) is 13.5. The number of hydrogen-bond acceptors (Lipinski definition) is 4. The number of nitrogens with one attached hydrogen (secondary N) is 1. The first-order valence-corrected chi connectivity index (χ1v) is 10.4. The normalized spacial score (nSPS) is 14.8. The second kappa shape index (κ2) is 8.43. The SMILES string of the molecule is O=[N+]([O-])c1ccccc1NC1=C(c2ccccc2)N2C=CC=CB2C=C1c1ccccc1. The van der Waals surface area contributed by atoms with E-state index in [-0.39, 0.29) is 17.5 Å². The Morgan fingerprint density at radius 1 is 0.812 bits per heavy atom. The molecule has 0 spiro atoms. The molecule has 5 rings (SSSR count). The third-order valence-corrected chi connectivity index (χ3v) is 5.58. The molecule has 0 fully saturated rings. The van der Waals surface area contributed by atoms with Gasteiger partial charge in [0.25, 0.3) is 5.69 Å². The van der Waals surface area contributed by atoms with Crippen LogP contribution in [0, 0.1) is 10.1 Å². The number of para-hydroxylation sites is 2. The third kappa shape index (κ3) is 3.63. The Bertz CT molecular complexity index is 1280. The van der Waals surface area contributed by atoms with Crippen LogP contribution in [-0.4, -0.2) is 16.6 Å². The molecule has 0 aromatic heterocycles. The van der Waals surface area contributed by atoms with E-state index in [2.05, 4.69) is 46.3 Å². The number of hydrogen-bond donors (Lipinski definition) is 1. The van der Waals surface area contributed by atoms with Gasteiger partial charge in [-0.1, -0.05) is 90.8 Å². The summed E-state index contributed by atoms with van der Waals surface area (Å²) in [7, 11) is 0. The van der Waals surface area contributed by atoms with Gasteiger partial charge in [-0.25, -0.2) is 0 Å². The number of nitrogens with zero attached hydrogens (tertiary/aromatic N) is 2. The largest absolute Gasteiger partial charge is 0.382 e. The lowest BCUT2D eigenvalue weighted by Gasteiger charge is -2.36. The molecular weight excluding hydrogens is 397 g/mol. The van der Waals surface area contributed by atoms with Crippen molar-refractivity contribution >= 4 is 29.5 Å².